The van der Waals surface area contributed by atoms with Crippen molar-refractivity contribution < 1.29 is 32.7 Å². The number of benzene rings is 9. The van der Waals surface area contributed by atoms with Crippen molar-refractivity contribution in [3.8, 4) is 39.5 Å². The van der Waals surface area contributed by atoms with E-state index < -0.39 is 13.7 Å². The number of pyridine rings is 1. The third-order valence-electron chi connectivity index (χ3n) is 12.7. The number of fused-ring (bicyclic) bond motifs is 10. The molecule has 0 spiro atoms. The van der Waals surface area contributed by atoms with Crippen LogP contribution in [0.4, 0.5) is 0 Å². The van der Waals surface area contributed by atoms with Crippen LogP contribution in [0.5, 0.6) is 0 Å². The van der Waals surface area contributed by atoms with Crippen LogP contribution < -0.4 is 0 Å². The average molecular weight is 1050 g/mol. The summed E-state index contributed by atoms with van der Waals surface area (Å²) in [7, 11) is 0. The Morgan fingerprint density at radius 1 is 0.597 bits per heavy atom. The number of hydrogen-bond donors (Lipinski definition) is 0. The Balaban J connectivity index is 0.000000246. The minimum Gasteiger partial charge on any atom is -0.501 e. The topological polar surface area (TPSA) is 43.9 Å². The van der Waals surface area contributed by atoms with E-state index in [1.807, 2.05) is 18.2 Å². The van der Waals surface area contributed by atoms with Crippen molar-refractivity contribution in [2.75, 3.05) is 0 Å². The molecule has 4 nitrogen and oxygen atoms in total. The summed E-state index contributed by atoms with van der Waals surface area (Å²) in [4.78, 5) is 9.41. The monoisotopic (exact) mass is 1050 g/mol. The van der Waals surface area contributed by atoms with E-state index in [1.54, 1.807) is 12.1 Å². The SMILES string of the molecule is CC(C)c1cc(-c2cccc3c4ccccc4c4ccccc4c23)cc(C(C)C)c1-n1c(-c2[c-]ccc3c2oc2ccccc23)nc2ccccc21.[2H]C([2H])([2H])c1c[c-]c(-c2ccc(C([2H])([2H])[2H])cn2)cc1.[Ir]. The predicted molar refractivity (Wildman–Crippen MR) is 277 cm³/mol. The number of furan rings is 1. The first-order chi connectivity index (χ1) is 34.7. The number of imidazole rings is 1. The zero-order chi connectivity index (χ0) is 50.1. The van der Waals surface area contributed by atoms with Crippen LogP contribution in [0.15, 0.2) is 180 Å². The molecular formula is C62H49IrN3O-2. The van der Waals surface area contributed by atoms with E-state index in [9.17, 15) is 0 Å². The summed E-state index contributed by atoms with van der Waals surface area (Å²) >= 11 is 0. The normalized spacial score (nSPS) is 13.3. The van der Waals surface area contributed by atoms with E-state index in [0.29, 0.717) is 11.3 Å². The summed E-state index contributed by atoms with van der Waals surface area (Å²) in [6.07, 6.45) is 1.30. The minimum absolute atomic E-state index is 0. The first-order valence-electron chi connectivity index (χ1n) is 25.5. The molecule has 0 unspecified atom stereocenters. The standard InChI is InChI=1S/C49H37N2O.C13H12N.Ir/c1-29(2)41-27-31(32-20-13-21-38-35-16-6-5-15-33(35)34-17-7-8-19-37(34)46(32)38)28-42(30(3)4)47(41)51-44-25-11-10-24-43(44)50-49(51)40-23-14-22-39-36-18-9-12-26-45(36)52-48(39)40;1-10-3-6-12(7-4-10)13-8-5-11(2)9-14-13;/h5-22,24-30H,1-4H3;3-6,8-9H,1-2H3;/q2*-1;/i;1D3,2D3;. The largest absolute Gasteiger partial charge is 0.501 e. The molecule has 12 rings (SSSR count). The zero-order valence-corrected chi connectivity index (χ0v) is 39.9. The first-order valence-corrected chi connectivity index (χ1v) is 22.5. The van der Waals surface area contributed by atoms with Gasteiger partial charge in [-0.25, -0.2) is 0 Å². The second kappa shape index (κ2) is 17.9. The van der Waals surface area contributed by atoms with E-state index >= 15 is 0 Å². The Hall–Kier alpha value is -7.17. The van der Waals surface area contributed by atoms with Crippen molar-refractivity contribution >= 4 is 65.3 Å². The molecule has 1 radical (unpaired) electrons. The smallest absolute Gasteiger partial charge is 0.120 e. The van der Waals surface area contributed by atoms with E-state index in [0.717, 1.165) is 44.4 Å². The summed E-state index contributed by atoms with van der Waals surface area (Å²) in [5.74, 6) is 1.31. The molecule has 0 aliphatic heterocycles. The van der Waals surface area contributed by atoms with Gasteiger partial charge in [0.25, 0.3) is 0 Å². The molecule has 67 heavy (non-hydrogen) atoms. The molecule has 0 bridgehead atoms. The number of para-hydroxylation sites is 3. The predicted octanol–water partition coefficient (Wildman–Crippen LogP) is 16.9. The minimum atomic E-state index is -2.18. The molecule has 12 aromatic rings. The summed E-state index contributed by atoms with van der Waals surface area (Å²) in [5.41, 5.74) is 12.3. The molecule has 3 aromatic heterocycles. The van der Waals surface area contributed by atoms with E-state index in [-0.39, 0.29) is 43.1 Å². The van der Waals surface area contributed by atoms with Gasteiger partial charge in [0, 0.05) is 45.6 Å². The Bertz CT molecular complexity index is 3890. The molecule has 0 atom stereocenters. The van der Waals surface area contributed by atoms with Crippen LogP contribution in [0.25, 0.3) is 105 Å². The molecule has 0 aliphatic rings. The Morgan fingerprint density at radius 2 is 1.22 bits per heavy atom. The third kappa shape index (κ3) is 7.72. The quantitative estimate of drug-likeness (QED) is 0.123. The van der Waals surface area contributed by atoms with Crippen molar-refractivity contribution in [1.29, 1.82) is 0 Å². The fraction of sp³-hybridized carbons (Fsp3) is 0.129. The van der Waals surface area contributed by atoms with Gasteiger partial charge in [0.1, 0.15) is 5.58 Å². The maximum Gasteiger partial charge on any atom is 0.120 e. The number of hydrogen-bond acceptors (Lipinski definition) is 3. The molecule has 3 heterocycles. The van der Waals surface area contributed by atoms with Gasteiger partial charge in [0.15, 0.2) is 0 Å². The Labute approximate surface area is 413 Å². The second-order valence-corrected chi connectivity index (χ2v) is 17.5. The van der Waals surface area contributed by atoms with E-state index in [2.05, 4.69) is 171 Å². The van der Waals surface area contributed by atoms with Crippen LogP contribution in [0, 0.1) is 25.8 Å². The van der Waals surface area contributed by atoms with Crippen LogP contribution in [0.3, 0.4) is 0 Å². The Morgan fingerprint density at radius 3 is 1.88 bits per heavy atom. The van der Waals surface area contributed by atoms with Gasteiger partial charge in [-0.05, 0) is 115 Å². The van der Waals surface area contributed by atoms with Crippen molar-refractivity contribution in [2.45, 2.75) is 53.2 Å². The fourth-order valence-electron chi connectivity index (χ4n) is 9.58. The summed E-state index contributed by atoms with van der Waals surface area (Å²) in [5, 5.41) is 9.90. The molecule has 0 saturated carbocycles. The second-order valence-electron chi connectivity index (χ2n) is 17.5. The van der Waals surface area contributed by atoms with E-state index in [4.69, 9.17) is 17.6 Å². The van der Waals surface area contributed by atoms with Crippen LogP contribution in [-0.4, -0.2) is 14.5 Å². The summed E-state index contributed by atoms with van der Waals surface area (Å²) < 4.78 is 52.6. The van der Waals surface area contributed by atoms with Crippen LogP contribution in [0.1, 0.15) is 70.0 Å². The van der Waals surface area contributed by atoms with Crippen molar-refractivity contribution in [3.05, 3.63) is 210 Å². The molecule has 0 N–H and O–H groups in total. The van der Waals surface area contributed by atoms with E-state index in [1.165, 1.54) is 84.7 Å². The summed E-state index contributed by atoms with van der Waals surface area (Å²) in [6, 6.07) is 64.2. The third-order valence-corrected chi connectivity index (χ3v) is 12.7. The van der Waals surface area contributed by atoms with Crippen LogP contribution in [0.2, 0.25) is 0 Å². The van der Waals surface area contributed by atoms with Gasteiger partial charge in [-0.1, -0.05) is 155 Å². The maximum absolute atomic E-state index is 7.28. The molecular weight excluding hydrogens is 995 g/mol. The molecule has 0 aliphatic carbocycles. The van der Waals surface area contributed by atoms with Crippen LogP contribution >= 0.6 is 0 Å². The molecule has 0 saturated heterocycles. The fourth-order valence-corrected chi connectivity index (χ4v) is 9.58. The summed E-state index contributed by atoms with van der Waals surface area (Å²) in [6.45, 7) is 4.90. The van der Waals surface area contributed by atoms with Crippen molar-refractivity contribution in [2.24, 2.45) is 0 Å². The molecule has 0 amide bonds. The van der Waals surface area contributed by atoms with Gasteiger partial charge in [-0.2, -0.15) is 0 Å². The number of nitrogens with zero attached hydrogens (tertiary/aromatic N) is 3. The van der Waals surface area contributed by atoms with Gasteiger partial charge >= 0.3 is 0 Å². The van der Waals surface area contributed by atoms with Gasteiger partial charge in [-0.3, -0.25) is 4.98 Å². The van der Waals surface area contributed by atoms with Crippen molar-refractivity contribution in [1.82, 2.24) is 14.5 Å². The van der Waals surface area contributed by atoms with Gasteiger partial charge < -0.3 is 14.0 Å². The first kappa shape index (κ1) is 37.0. The molecule has 329 valence electrons. The number of aryl methyl sites for hydroxylation is 2. The van der Waals surface area contributed by atoms with Gasteiger partial charge in [-0.15, -0.1) is 53.6 Å². The molecule has 9 aromatic carbocycles. The number of rotatable bonds is 6. The Kier molecular flexibility index (Phi) is 9.88. The maximum atomic E-state index is 7.28. The average Bonchev–Trinajstić information content (AvgIpc) is 3.97. The van der Waals surface area contributed by atoms with Gasteiger partial charge in [0.05, 0.1) is 22.4 Å². The number of aromatic nitrogens is 3. The van der Waals surface area contributed by atoms with Crippen molar-refractivity contribution in [3.63, 3.8) is 0 Å². The zero-order valence-electron chi connectivity index (χ0n) is 43.5. The van der Waals surface area contributed by atoms with Gasteiger partial charge in [0.2, 0.25) is 0 Å². The molecule has 5 heteroatoms. The van der Waals surface area contributed by atoms with Crippen LogP contribution in [-0.2, 0) is 20.1 Å². The molecule has 0 fully saturated rings.